The first-order valence-corrected chi connectivity index (χ1v) is 7.91. The average Bonchev–Trinajstić information content (AvgIpc) is 2.42. The Hall–Kier alpha value is -0.910. The van der Waals surface area contributed by atoms with Crippen molar-refractivity contribution in [2.45, 2.75) is 63.5 Å². The van der Waals surface area contributed by atoms with Gasteiger partial charge in [0.1, 0.15) is 5.25 Å². The maximum Gasteiger partial charge on any atom is 0.306 e. The second-order valence-corrected chi connectivity index (χ2v) is 6.75. The fourth-order valence-corrected chi connectivity index (χ4v) is 2.94. The molecule has 0 fully saturated rings. The van der Waals surface area contributed by atoms with Crippen molar-refractivity contribution >= 4 is 22.7 Å². The van der Waals surface area contributed by atoms with Crippen molar-refractivity contribution in [3.8, 4) is 0 Å². The van der Waals surface area contributed by atoms with Gasteiger partial charge in [-0.3, -0.25) is 13.8 Å². The summed E-state index contributed by atoms with van der Waals surface area (Å²) in [4.78, 5) is 23.1. The van der Waals surface area contributed by atoms with Gasteiger partial charge in [0, 0.05) is 22.1 Å². The Bertz CT molecular complexity index is 329. The molecule has 1 N–H and O–H groups in total. The Morgan fingerprint density at radius 1 is 1.21 bits per heavy atom. The summed E-state index contributed by atoms with van der Waals surface area (Å²) in [6.07, 6.45) is 1.75. The van der Waals surface area contributed by atoms with E-state index < -0.39 is 27.3 Å². The number of methoxy groups -OCH3 is 1. The smallest absolute Gasteiger partial charge is 0.306 e. The Morgan fingerprint density at radius 3 is 2.16 bits per heavy atom. The van der Waals surface area contributed by atoms with E-state index in [-0.39, 0.29) is 18.4 Å². The topological polar surface area (TPSA) is 72.5 Å². The Labute approximate surface area is 117 Å². The predicted molar refractivity (Wildman–Crippen MR) is 76.2 cm³/mol. The third-order valence-corrected chi connectivity index (χ3v) is 5.00. The summed E-state index contributed by atoms with van der Waals surface area (Å²) >= 11 is 0. The summed E-state index contributed by atoms with van der Waals surface area (Å²) in [7, 11) is -0.102. The molecule has 0 aliphatic heterocycles. The lowest BCUT2D eigenvalue weighted by atomic mass is 10.2. The molecular formula is C13H25NO4S. The largest absolute Gasteiger partial charge is 0.469 e. The van der Waals surface area contributed by atoms with Crippen LogP contribution in [0.15, 0.2) is 0 Å². The van der Waals surface area contributed by atoms with Crippen LogP contribution in [0, 0.1) is 0 Å². The van der Waals surface area contributed by atoms with Crippen LogP contribution in [0.25, 0.3) is 0 Å². The summed E-state index contributed by atoms with van der Waals surface area (Å²) in [6.45, 7) is 7.31. The monoisotopic (exact) mass is 291 g/mol. The lowest BCUT2D eigenvalue weighted by molar-refractivity contribution is -0.140. The minimum Gasteiger partial charge on any atom is -0.469 e. The van der Waals surface area contributed by atoms with Gasteiger partial charge in [-0.25, -0.2) is 0 Å². The van der Waals surface area contributed by atoms with Gasteiger partial charge in [-0.05, 0) is 19.8 Å². The lowest BCUT2D eigenvalue weighted by Gasteiger charge is -2.20. The molecule has 0 bridgehead atoms. The first kappa shape index (κ1) is 18.1. The fourth-order valence-electron chi connectivity index (χ4n) is 1.67. The highest BCUT2D eigenvalue weighted by atomic mass is 32.2. The Morgan fingerprint density at radius 2 is 1.74 bits per heavy atom. The van der Waals surface area contributed by atoms with Crippen molar-refractivity contribution in [2.24, 2.45) is 0 Å². The summed E-state index contributed by atoms with van der Waals surface area (Å²) in [5.41, 5.74) is 0. The molecular weight excluding hydrogens is 266 g/mol. The molecule has 19 heavy (non-hydrogen) atoms. The normalized spacial score (nSPS) is 15.7. The summed E-state index contributed by atoms with van der Waals surface area (Å²) in [5, 5.41) is 1.85. The number of hydrogen-bond acceptors (Lipinski definition) is 4. The molecule has 0 saturated heterocycles. The second kappa shape index (κ2) is 9.07. The van der Waals surface area contributed by atoms with Crippen molar-refractivity contribution in [3.63, 3.8) is 0 Å². The maximum absolute atomic E-state index is 12.1. The van der Waals surface area contributed by atoms with E-state index in [2.05, 4.69) is 10.1 Å². The minimum atomic E-state index is -1.40. The molecule has 3 unspecified atom stereocenters. The SMILES string of the molecule is CCC(CC)NC(=O)C(C)S(=O)C(C)CC(=O)OC. The molecule has 0 radical (unpaired) electrons. The van der Waals surface area contributed by atoms with E-state index in [1.54, 1.807) is 13.8 Å². The Balaban J connectivity index is 4.46. The van der Waals surface area contributed by atoms with Crippen molar-refractivity contribution in [3.05, 3.63) is 0 Å². The van der Waals surface area contributed by atoms with Crippen LogP contribution in [0.4, 0.5) is 0 Å². The molecule has 3 atom stereocenters. The van der Waals surface area contributed by atoms with E-state index in [9.17, 15) is 13.8 Å². The fraction of sp³-hybridized carbons (Fsp3) is 0.846. The highest BCUT2D eigenvalue weighted by Crippen LogP contribution is 2.10. The number of carbonyl (C=O) groups is 2. The van der Waals surface area contributed by atoms with Crippen LogP contribution in [-0.2, 0) is 25.1 Å². The summed E-state index contributed by atoms with van der Waals surface area (Å²) in [5.74, 6) is -0.628. The molecule has 5 nitrogen and oxygen atoms in total. The zero-order valence-electron chi connectivity index (χ0n) is 12.4. The quantitative estimate of drug-likeness (QED) is 0.686. The van der Waals surface area contributed by atoms with Crippen molar-refractivity contribution in [2.75, 3.05) is 7.11 Å². The second-order valence-electron chi connectivity index (χ2n) is 4.58. The molecule has 0 aromatic rings. The molecule has 0 saturated carbocycles. The molecule has 0 aromatic heterocycles. The number of esters is 1. The van der Waals surface area contributed by atoms with Gasteiger partial charge in [0.25, 0.3) is 0 Å². The molecule has 0 aromatic carbocycles. The maximum atomic E-state index is 12.1. The number of hydrogen-bond donors (Lipinski definition) is 1. The van der Waals surface area contributed by atoms with Gasteiger partial charge in [0.15, 0.2) is 0 Å². The van der Waals surface area contributed by atoms with Crippen molar-refractivity contribution in [1.29, 1.82) is 0 Å². The molecule has 0 heterocycles. The van der Waals surface area contributed by atoms with Crippen LogP contribution in [0.3, 0.4) is 0 Å². The number of carbonyl (C=O) groups excluding carboxylic acids is 2. The zero-order valence-corrected chi connectivity index (χ0v) is 13.2. The van der Waals surface area contributed by atoms with Crippen LogP contribution < -0.4 is 5.32 Å². The lowest BCUT2D eigenvalue weighted by Crippen LogP contribution is -2.43. The van der Waals surface area contributed by atoms with Crippen LogP contribution in [0.1, 0.15) is 47.0 Å². The van der Waals surface area contributed by atoms with Gasteiger partial charge in [0.05, 0.1) is 13.5 Å². The van der Waals surface area contributed by atoms with Crippen LogP contribution in [-0.4, -0.2) is 39.7 Å². The number of ether oxygens (including phenoxy) is 1. The third kappa shape index (κ3) is 6.18. The van der Waals surface area contributed by atoms with Gasteiger partial charge in [-0.2, -0.15) is 0 Å². The molecule has 1 amide bonds. The molecule has 6 heteroatoms. The van der Waals surface area contributed by atoms with E-state index in [1.165, 1.54) is 7.11 Å². The number of nitrogens with one attached hydrogen (secondary N) is 1. The molecule has 0 aliphatic rings. The van der Waals surface area contributed by atoms with E-state index in [1.807, 2.05) is 13.8 Å². The number of rotatable bonds is 8. The van der Waals surface area contributed by atoms with E-state index >= 15 is 0 Å². The van der Waals surface area contributed by atoms with E-state index in [4.69, 9.17) is 0 Å². The standard InChI is InChI=1S/C13H25NO4S/c1-6-11(7-2)14-13(16)10(4)19(17)9(3)8-12(15)18-5/h9-11H,6-8H2,1-5H3,(H,14,16). The third-order valence-electron chi connectivity index (χ3n) is 3.13. The number of amides is 1. The van der Waals surface area contributed by atoms with Gasteiger partial charge in [-0.1, -0.05) is 20.8 Å². The molecule has 0 rings (SSSR count). The van der Waals surface area contributed by atoms with Crippen molar-refractivity contribution < 1.29 is 18.5 Å². The first-order chi connectivity index (χ1) is 8.87. The molecule has 0 spiro atoms. The summed E-state index contributed by atoms with van der Waals surface area (Å²) < 4.78 is 16.7. The average molecular weight is 291 g/mol. The van der Waals surface area contributed by atoms with Gasteiger partial charge in [0.2, 0.25) is 5.91 Å². The minimum absolute atomic E-state index is 0.0612. The first-order valence-electron chi connectivity index (χ1n) is 6.63. The van der Waals surface area contributed by atoms with Crippen LogP contribution >= 0.6 is 0 Å². The molecule has 0 aliphatic carbocycles. The van der Waals surface area contributed by atoms with Crippen molar-refractivity contribution in [1.82, 2.24) is 5.32 Å². The zero-order chi connectivity index (χ0) is 15.0. The van der Waals surface area contributed by atoms with Gasteiger partial charge < -0.3 is 10.1 Å². The molecule has 112 valence electrons. The highest BCUT2D eigenvalue weighted by Gasteiger charge is 2.27. The van der Waals surface area contributed by atoms with E-state index in [0.717, 1.165) is 12.8 Å². The van der Waals surface area contributed by atoms with Gasteiger partial charge >= 0.3 is 5.97 Å². The highest BCUT2D eigenvalue weighted by molar-refractivity contribution is 7.87. The Kier molecular flexibility index (Phi) is 8.63. The van der Waals surface area contributed by atoms with E-state index in [0.29, 0.717) is 0 Å². The van der Waals surface area contributed by atoms with Crippen LogP contribution in [0.2, 0.25) is 0 Å². The van der Waals surface area contributed by atoms with Gasteiger partial charge in [-0.15, -0.1) is 0 Å². The van der Waals surface area contributed by atoms with Crippen LogP contribution in [0.5, 0.6) is 0 Å². The summed E-state index contributed by atoms with van der Waals surface area (Å²) in [6, 6.07) is 0.114. The predicted octanol–water partition coefficient (Wildman–Crippen LogP) is 1.38.